The van der Waals surface area contributed by atoms with Gasteiger partial charge in [-0.05, 0) is 36.2 Å². The molecule has 15 heavy (non-hydrogen) atoms. The van der Waals surface area contributed by atoms with Crippen LogP contribution in [0.4, 0.5) is 0 Å². The van der Waals surface area contributed by atoms with Gasteiger partial charge in [0, 0.05) is 28.5 Å². The van der Waals surface area contributed by atoms with Gasteiger partial charge in [0.2, 0.25) is 0 Å². The van der Waals surface area contributed by atoms with Crippen LogP contribution in [0.1, 0.15) is 17.5 Å². The molecule has 0 spiro atoms. The molecule has 0 heterocycles. The van der Waals surface area contributed by atoms with Gasteiger partial charge < -0.3 is 0 Å². The highest BCUT2D eigenvalue weighted by molar-refractivity contribution is 6.30. The quantitative estimate of drug-likeness (QED) is 0.239. The third-order valence-electron chi connectivity index (χ3n) is 1.67. The van der Waals surface area contributed by atoms with Gasteiger partial charge in [0.25, 0.3) is 0 Å². The number of benzene rings is 1. The van der Waals surface area contributed by atoms with Gasteiger partial charge in [-0.25, -0.2) is 0 Å². The van der Waals surface area contributed by atoms with Crippen molar-refractivity contribution in [3.8, 4) is 11.8 Å². The lowest BCUT2D eigenvalue weighted by Crippen LogP contribution is -1.79. The summed E-state index contributed by atoms with van der Waals surface area (Å²) in [5.41, 5.74) is 10.0. The molecule has 1 aromatic rings. The Morgan fingerprint density at radius 3 is 2.93 bits per heavy atom. The van der Waals surface area contributed by atoms with Gasteiger partial charge in [-0.1, -0.05) is 28.6 Å². The Labute approximate surface area is 93.7 Å². The standard InChI is InChI=1S/C11H10ClN3/c1-9-6-10(8-11(12)7-9)4-2-3-5-14-15-13/h6-8H,3,5H2,1H3. The summed E-state index contributed by atoms with van der Waals surface area (Å²) in [6, 6.07) is 5.66. The molecular weight excluding hydrogens is 210 g/mol. The van der Waals surface area contributed by atoms with E-state index < -0.39 is 0 Å². The van der Waals surface area contributed by atoms with E-state index in [4.69, 9.17) is 17.1 Å². The van der Waals surface area contributed by atoms with Crippen molar-refractivity contribution in [2.24, 2.45) is 5.11 Å². The van der Waals surface area contributed by atoms with Crippen LogP contribution in [0.15, 0.2) is 23.3 Å². The lowest BCUT2D eigenvalue weighted by atomic mass is 10.1. The van der Waals surface area contributed by atoms with Crippen LogP contribution in [0.5, 0.6) is 0 Å². The molecule has 0 saturated carbocycles. The molecule has 4 heteroatoms. The number of nitrogens with zero attached hydrogens (tertiary/aromatic N) is 3. The molecule has 3 nitrogen and oxygen atoms in total. The van der Waals surface area contributed by atoms with Crippen molar-refractivity contribution in [2.75, 3.05) is 6.54 Å². The summed E-state index contributed by atoms with van der Waals surface area (Å²) >= 11 is 5.88. The van der Waals surface area contributed by atoms with Crippen LogP contribution in [0.25, 0.3) is 10.4 Å². The minimum absolute atomic E-state index is 0.406. The maximum Gasteiger partial charge on any atom is 0.0421 e. The highest BCUT2D eigenvalue weighted by atomic mass is 35.5. The van der Waals surface area contributed by atoms with E-state index in [-0.39, 0.29) is 0 Å². The number of azide groups is 1. The largest absolute Gasteiger partial charge is 0.0978 e. The van der Waals surface area contributed by atoms with E-state index in [1.165, 1.54) is 0 Å². The summed E-state index contributed by atoms with van der Waals surface area (Å²) in [5, 5.41) is 4.08. The average molecular weight is 220 g/mol. The minimum atomic E-state index is 0.406. The molecule has 76 valence electrons. The first kappa shape index (κ1) is 11.5. The molecule has 1 rings (SSSR count). The van der Waals surface area contributed by atoms with Crippen LogP contribution in [0.3, 0.4) is 0 Å². The first-order valence-corrected chi connectivity index (χ1v) is 4.87. The van der Waals surface area contributed by atoms with E-state index in [0.717, 1.165) is 11.1 Å². The van der Waals surface area contributed by atoms with Gasteiger partial charge in [0.15, 0.2) is 0 Å². The predicted molar refractivity (Wildman–Crippen MR) is 61.7 cm³/mol. The second-order valence-corrected chi connectivity index (χ2v) is 3.46. The summed E-state index contributed by atoms with van der Waals surface area (Å²) in [7, 11) is 0. The first-order valence-electron chi connectivity index (χ1n) is 4.49. The van der Waals surface area contributed by atoms with E-state index in [1.54, 1.807) is 0 Å². The molecule has 0 aromatic heterocycles. The van der Waals surface area contributed by atoms with Crippen LogP contribution < -0.4 is 0 Å². The van der Waals surface area contributed by atoms with E-state index in [0.29, 0.717) is 18.0 Å². The highest BCUT2D eigenvalue weighted by Crippen LogP contribution is 2.13. The molecular formula is C11H10ClN3. The van der Waals surface area contributed by atoms with Gasteiger partial charge in [0.1, 0.15) is 0 Å². The van der Waals surface area contributed by atoms with Gasteiger partial charge in [-0.15, -0.1) is 0 Å². The van der Waals surface area contributed by atoms with Crippen LogP contribution in [-0.4, -0.2) is 6.54 Å². The molecule has 0 saturated heterocycles. The Balaban J connectivity index is 2.67. The van der Waals surface area contributed by atoms with Crippen LogP contribution in [0.2, 0.25) is 5.02 Å². The fourth-order valence-electron chi connectivity index (χ4n) is 1.12. The number of aryl methyl sites for hydroxylation is 1. The second kappa shape index (κ2) is 5.98. The third kappa shape index (κ3) is 4.42. The number of hydrogen-bond donors (Lipinski definition) is 0. The zero-order chi connectivity index (χ0) is 11.1. The van der Waals surface area contributed by atoms with Gasteiger partial charge in [-0.2, -0.15) is 0 Å². The number of halogens is 1. The Morgan fingerprint density at radius 1 is 1.47 bits per heavy atom. The predicted octanol–water partition coefficient (Wildman–Crippen LogP) is 3.70. The monoisotopic (exact) mass is 219 g/mol. The third-order valence-corrected chi connectivity index (χ3v) is 1.89. The van der Waals surface area contributed by atoms with Crippen molar-refractivity contribution in [1.82, 2.24) is 0 Å². The second-order valence-electron chi connectivity index (χ2n) is 3.02. The first-order chi connectivity index (χ1) is 7.22. The average Bonchev–Trinajstić information content (AvgIpc) is 2.16. The summed E-state index contributed by atoms with van der Waals surface area (Å²) in [6.07, 6.45) is 0.565. The lowest BCUT2D eigenvalue weighted by Gasteiger charge is -1.95. The van der Waals surface area contributed by atoms with Crippen LogP contribution in [0, 0.1) is 18.8 Å². The summed E-state index contributed by atoms with van der Waals surface area (Å²) in [5.74, 6) is 5.88. The van der Waals surface area contributed by atoms with E-state index in [2.05, 4.69) is 21.9 Å². The van der Waals surface area contributed by atoms with Crippen LogP contribution in [-0.2, 0) is 0 Å². The van der Waals surface area contributed by atoms with Crippen molar-refractivity contribution in [3.63, 3.8) is 0 Å². The van der Waals surface area contributed by atoms with Gasteiger partial charge in [0.05, 0.1) is 0 Å². The molecule has 0 atom stereocenters. The maximum atomic E-state index is 8.05. The molecule has 0 bridgehead atoms. The Hall–Kier alpha value is -1.62. The molecule has 0 unspecified atom stereocenters. The smallest absolute Gasteiger partial charge is 0.0421 e. The molecule has 0 aliphatic carbocycles. The van der Waals surface area contributed by atoms with Crippen LogP contribution >= 0.6 is 11.6 Å². The lowest BCUT2D eigenvalue weighted by molar-refractivity contribution is 1.01. The minimum Gasteiger partial charge on any atom is -0.0978 e. The zero-order valence-electron chi connectivity index (χ0n) is 8.37. The Bertz CT molecular complexity index is 430. The van der Waals surface area contributed by atoms with Crippen molar-refractivity contribution >= 4 is 11.6 Å². The molecule has 0 radical (unpaired) electrons. The maximum absolute atomic E-state index is 8.05. The van der Waals surface area contributed by atoms with Crippen molar-refractivity contribution in [3.05, 3.63) is 44.8 Å². The topological polar surface area (TPSA) is 48.8 Å². The molecule has 0 N–H and O–H groups in total. The number of hydrogen-bond acceptors (Lipinski definition) is 1. The molecule has 0 fully saturated rings. The SMILES string of the molecule is Cc1cc(Cl)cc(C#CCCN=[N+]=[N-])c1. The summed E-state index contributed by atoms with van der Waals surface area (Å²) in [6.45, 7) is 2.38. The number of rotatable bonds is 2. The summed E-state index contributed by atoms with van der Waals surface area (Å²) < 4.78 is 0. The Morgan fingerprint density at radius 2 is 2.27 bits per heavy atom. The summed E-state index contributed by atoms with van der Waals surface area (Å²) in [4.78, 5) is 2.64. The van der Waals surface area contributed by atoms with E-state index >= 15 is 0 Å². The van der Waals surface area contributed by atoms with Gasteiger partial charge in [-0.3, -0.25) is 0 Å². The van der Waals surface area contributed by atoms with Crippen molar-refractivity contribution < 1.29 is 0 Å². The van der Waals surface area contributed by atoms with Crippen molar-refractivity contribution in [2.45, 2.75) is 13.3 Å². The fourth-order valence-corrected chi connectivity index (χ4v) is 1.41. The van der Waals surface area contributed by atoms with E-state index in [9.17, 15) is 0 Å². The molecule has 0 aliphatic heterocycles. The van der Waals surface area contributed by atoms with E-state index in [1.807, 2.05) is 25.1 Å². The molecule has 0 amide bonds. The van der Waals surface area contributed by atoms with Gasteiger partial charge >= 0.3 is 0 Å². The highest BCUT2D eigenvalue weighted by Gasteiger charge is 1.92. The fraction of sp³-hybridized carbons (Fsp3) is 0.273. The Kier molecular flexibility index (Phi) is 4.56. The zero-order valence-corrected chi connectivity index (χ0v) is 9.12. The van der Waals surface area contributed by atoms with Crippen molar-refractivity contribution in [1.29, 1.82) is 0 Å². The molecule has 1 aromatic carbocycles. The normalized spacial score (nSPS) is 8.67. The molecule has 0 aliphatic rings.